The van der Waals surface area contributed by atoms with Crippen LogP contribution >= 0.6 is 7.82 Å². The van der Waals surface area contributed by atoms with Crippen LogP contribution in [0.4, 0.5) is 0 Å². The van der Waals surface area contributed by atoms with Crippen molar-refractivity contribution < 1.29 is 37.6 Å². The summed E-state index contributed by atoms with van der Waals surface area (Å²) in [5.74, 6) is -0.908. The predicted molar refractivity (Wildman–Crippen MR) is 394 cm³/mol. The second-order valence-corrected chi connectivity index (χ2v) is 24.1. The van der Waals surface area contributed by atoms with Crippen LogP contribution in [0.3, 0.4) is 0 Å². The molecule has 0 aromatic heterocycles. The van der Waals surface area contributed by atoms with E-state index in [0.29, 0.717) is 19.3 Å². The van der Waals surface area contributed by atoms with E-state index in [1.807, 2.05) is 6.08 Å². The number of nitrogens with two attached hydrogens (primary N) is 1. The van der Waals surface area contributed by atoms with Crippen LogP contribution in [-0.4, -0.2) is 49.3 Å². The van der Waals surface area contributed by atoms with Crippen molar-refractivity contribution in [2.75, 3.05) is 26.4 Å². The van der Waals surface area contributed by atoms with Gasteiger partial charge in [-0.2, -0.15) is 0 Å². The molecule has 0 saturated carbocycles. The van der Waals surface area contributed by atoms with Gasteiger partial charge in [0.25, 0.3) is 0 Å². The van der Waals surface area contributed by atoms with Gasteiger partial charge in [0.05, 0.1) is 13.2 Å². The van der Waals surface area contributed by atoms with Crippen LogP contribution in [0.15, 0.2) is 207 Å². The third kappa shape index (κ3) is 73.5. The van der Waals surface area contributed by atoms with Gasteiger partial charge in [0.15, 0.2) is 6.10 Å². The van der Waals surface area contributed by atoms with E-state index in [9.17, 15) is 19.0 Å². The molecule has 0 spiro atoms. The Kier molecular flexibility index (Phi) is 69.3. The summed E-state index contributed by atoms with van der Waals surface area (Å²) in [6, 6.07) is 0. The second-order valence-electron chi connectivity index (χ2n) is 22.6. The third-order valence-electron chi connectivity index (χ3n) is 14.2. The van der Waals surface area contributed by atoms with Crippen LogP contribution in [0.1, 0.15) is 258 Å². The molecule has 0 heterocycles. The number of phosphoric ester groups is 1. The molecule has 3 N–H and O–H groups in total. The van der Waals surface area contributed by atoms with E-state index in [0.717, 1.165) is 128 Å². The van der Waals surface area contributed by atoms with Crippen molar-refractivity contribution in [3.05, 3.63) is 207 Å². The van der Waals surface area contributed by atoms with Crippen molar-refractivity contribution in [1.82, 2.24) is 0 Å². The molecule has 2 unspecified atom stereocenters. The molecule has 10 heteroatoms. The van der Waals surface area contributed by atoms with Gasteiger partial charge in [-0.1, -0.05) is 310 Å². The van der Waals surface area contributed by atoms with Gasteiger partial charge in [0, 0.05) is 19.4 Å². The molecule has 0 aliphatic rings. The third-order valence-corrected chi connectivity index (χ3v) is 15.1. The summed E-state index contributed by atoms with van der Waals surface area (Å²) in [5, 5.41) is 0. The second kappa shape index (κ2) is 73.6. The Hall–Kier alpha value is -5.41. The molecular weight excluding hydrogens is 1150 g/mol. The molecule has 2 atom stereocenters. The highest BCUT2D eigenvalue weighted by Gasteiger charge is 2.26. The number of unbranched alkanes of at least 4 members (excludes halogenated alkanes) is 17. The first-order valence-corrected chi connectivity index (χ1v) is 37.1. The Balaban J connectivity index is 3.99. The molecule has 0 radical (unpaired) electrons. The van der Waals surface area contributed by atoms with E-state index >= 15 is 0 Å². The summed E-state index contributed by atoms with van der Waals surface area (Å²) in [6.07, 6.45) is 114. The van der Waals surface area contributed by atoms with Crippen LogP contribution in [0.25, 0.3) is 0 Å². The fraction of sp³-hybridized carbons (Fsp3) is 0.556. The maximum Gasteiger partial charge on any atom is 0.472 e. The van der Waals surface area contributed by atoms with Crippen molar-refractivity contribution >= 4 is 19.8 Å². The Morgan fingerprint density at radius 1 is 0.330 bits per heavy atom. The molecule has 0 aliphatic heterocycles. The minimum absolute atomic E-state index is 0.0343. The molecule has 0 saturated heterocycles. The molecule has 0 aliphatic carbocycles. The smallest absolute Gasteiger partial charge is 0.462 e. The van der Waals surface area contributed by atoms with Crippen LogP contribution in [0.5, 0.6) is 0 Å². The van der Waals surface area contributed by atoms with Crippen molar-refractivity contribution in [3.8, 4) is 0 Å². The van der Waals surface area contributed by atoms with E-state index in [1.54, 1.807) is 0 Å². The van der Waals surface area contributed by atoms with Crippen LogP contribution in [-0.2, 0) is 32.7 Å². The zero-order valence-corrected chi connectivity index (χ0v) is 58.1. The van der Waals surface area contributed by atoms with E-state index in [1.165, 1.54) is 83.5 Å². The largest absolute Gasteiger partial charge is 0.472 e. The first-order chi connectivity index (χ1) is 44.8. The Morgan fingerprint density at radius 3 is 0.879 bits per heavy atom. The van der Waals surface area contributed by atoms with Crippen molar-refractivity contribution in [3.63, 3.8) is 0 Å². The van der Waals surface area contributed by atoms with Gasteiger partial charge in [-0.25, -0.2) is 4.57 Å². The van der Waals surface area contributed by atoms with Crippen molar-refractivity contribution in [1.29, 1.82) is 0 Å². The Labute approximate surface area is 557 Å². The van der Waals surface area contributed by atoms with Gasteiger partial charge in [0.1, 0.15) is 6.61 Å². The quantitative estimate of drug-likeness (QED) is 0.0264. The highest BCUT2D eigenvalue weighted by molar-refractivity contribution is 7.47. The highest BCUT2D eigenvalue weighted by Crippen LogP contribution is 2.43. The summed E-state index contributed by atoms with van der Waals surface area (Å²) in [4.78, 5) is 35.3. The molecule has 510 valence electrons. The van der Waals surface area contributed by atoms with E-state index in [2.05, 4.69) is 214 Å². The molecule has 0 rings (SSSR count). The monoisotopic (exact) mass is 1270 g/mol. The van der Waals surface area contributed by atoms with Gasteiger partial charge in [-0.3, -0.25) is 18.6 Å². The molecule has 91 heavy (non-hydrogen) atoms. The number of ether oxygens (including phenoxy) is 2. The fourth-order valence-electron chi connectivity index (χ4n) is 9.01. The normalized spacial score (nSPS) is 14.2. The van der Waals surface area contributed by atoms with Gasteiger partial charge in [0.2, 0.25) is 0 Å². The number of hydrogen-bond donors (Lipinski definition) is 2. The van der Waals surface area contributed by atoms with Gasteiger partial charge in [-0.15, -0.1) is 0 Å². The lowest BCUT2D eigenvalue weighted by Gasteiger charge is -2.19. The van der Waals surface area contributed by atoms with E-state index in [4.69, 9.17) is 24.3 Å². The average molecular weight is 1270 g/mol. The van der Waals surface area contributed by atoms with E-state index in [-0.39, 0.29) is 32.6 Å². The zero-order valence-electron chi connectivity index (χ0n) is 57.2. The molecule has 0 aromatic rings. The molecule has 0 amide bonds. The minimum atomic E-state index is -4.42. The van der Waals surface area contributed by atoms with Crippen molar-refractivity contribution in [2.24, 2.45) is 5.73 Å². The Bertz CT molecular complexity index is 2250. The fourth-order valence-corrected chi connectivity index (χ4v) is 9.77. The zero-order chi connectivity index (χ0) is 65.8. The Morgan fingerprint density at radius 2 is 0.582 bits per heavy atom. The van der Waals surface area contributed by atoms with Gasteiger partial charge < -0.3 is 20.1 Å². The number of phosphoric acid groups is 1. The lowest BCUT2D eigenvalue weighted by molar-refractivity contribution is -0.161. The minimum Gasteiger partial charge on any atom is -0.462 e. The summed E-state index contributed by atoms with van der Waals surface area (Å²) in [5.41, 5.74) is 5.39. The lowest BCUT2D eigenvalue weighted by atomic mass is 10.0. The number of carbonyl (C=O) groups excluding carboxylic acids is 2. The summed E-state index contributed by atoms with van der Waals surface area (Å²) in [6.45, 7) is 3.43. The van der Waals surface area contributed by atoms with Crippen LogP contribution in [0, 0.1) is 0 Å². The molecule has 9 nitrogen and oxygen atoms in total. The predicted octanol–water partition coefficient (Wildman–Crippen LogP) is 23.9. The average Bonchev–Trinajstić information content (AvgIpc) is 3.68. The number of carbonyl (C=O) groups is 2. The number of esters is 2. The summed E-state index contributed by atoms with van der Waals surface area (Å²) in [7, 11) is -4.42. The molecule has 0 bridgehead atoms. The number of allylic oxidation sites excluding steroid dienone is 34. The first-order valence-electron chi connectivity index (χ1n) is 35.6. The topological polar surface area (TPSA) is 134 Å². The number of rotatable bonds is 64. The number of hydrogen-bond acceptors (Lipinski definition) is 8. The molecule has 0 fully saturated rings. The van der Waals surface area contributed by atoms with Crippen LogP contribution in [0.2, 0.25) is 0 Å². The van der Waals surface area contributed by atoms with Crippen molar-refractivity contribution in [2.45, 2.75) is 264 Å². The summed E-state index contributed by atoms with van der Waals surface area (Å²) >= 11 is 0. The maximum atomic E-state index is 12.7. The standard InChI is InChI=1S/C81H128NO8P/c1-3-5-7-9-11-13-15-17-19-21-23-25-27-29-31-33-34-35-36-37-38-39-40-41-42-43-44-46-47-49-51-53-55-57-59-61-63-65-67-69-71-73-80(83)87-77-79(78-89-91(85,86)88-76-75-82)90-81(84)74-72-70-68-66-64-62-60-58-56-54-52-50-48-45-32-30-28-26-24-22-20-18-16-14-12-10-8-6-4-2/h5-8,11-14,17-20,23-26,29-32,34-35,37-38,40-41,48,50,54,56,60,62,66,68,79H,3-4,9-10,15-16,21-22,27-28,33,36,39,42-47,49,51-53,55,57-59,61,63-65,67,69-78,82H2,1-2H3,(H,85,86)/b7-5-,8-6-,13-11-,14-12-,19-17-,20-18-,25-23-,26-24-,31-29-,32-30-,35-34-,38-37-,41-40-,50-48-,56-54-,62-60-,68-66-. The van der Waals surface area contributed by atoms with Crippen LogP contribution < -0.4 is 5.73 Å². The molecule has 0 aromatic carbocycles. The highest BCUT2D eigenvalue weighted by atomic mass is 31.2. The maximum absolute atomic E-state index is 12.7. The van der Waals surface area contributed by atoms with Gasteiger partial charge >= 0.3 is 19.8 Å². The SMILES string of the molecule is CC/C=C\C/C=C\C/C=C\C/C=C\C/C=C\C/C=C\C/C=C\C/C=C\C/C=C\CCCC(=O)OC(COC(=O)CCCCCCCCCCCCCCCCCC/C=C\C/C=C\C/C=C\C/C=C\C/C=C\C/C=C\C/C=C\C/C=C\CC)COP(=O)(O)OCCN. The lowest BCUT2D eigenvalue weighted by Crippen LogP contribution is -2.29. The van der Waals surface area contributed by atoms with E-state index < -0.39 is 32.5 Å². The molecular formula is C81H128NO8P. The first kappa shape index (κ1) is 85.6. The summed E-state index contributed by atoms with van der Waals surface area (Å²) < 4.78 is 33.1. The van der Waals surface area contributed by atoms with Gasteiger partial charge in [-0.05, 0) is 141 Å².